The van der Waals surface area contributed by atoms with Crippen molar-refractivity contribution in [1.82, 2.24) is 4.57 Å². The number of ether oxygens (including phenoxy) is 2. The van der Waals surface area contributed by atoms with E-state index in [0.717, 1.165) is 5.56 Å². The molecule has 0 saturated heterocycles. The van der Waals surface area contributed by atoms with Crippen LogP contribution >= 0.6 is 22.9 Å². The molecule has 2 heterocycles. The van der Waals surface area contributed by atoms with Gasteiger partial charge >= 0.3 is 0 Å². The van der Waals surface area contributed by atoms with E-state index in [0.29, 0.717) is 48.4 Å². The van der Waals surface area contributed by atoms with E-state index in [1.165, 1.54) is 11.3 Å². The Morgan fingerprint density at radius 1 is 1.05 bits per heavy atom. The molecule has 0 saturated carbocycles. The molecule has 1 N–H and O–H groups in total. The molecule has 0 bridgehead atoms. The summed E-state index contributed by atoms with van der Waals surface area (Å²) in [6.45, 7) is 1.79. The van der Waals surface area contributed by atoms with Gasteiger partial charge in [-0.2, -0.15) is 0 Å². The average Bonchev–Trinajstić information content (AvgIpc) is 3.22. The molecule has 9 heteroatoms. The van der Waals surface area contributed by atoms with Crippen molar-refractivity contribution in [1.29, 1.82) is 0 Å². The Balaban J connectivity index is 1.69. The minimum Gasteiger partial charge on any atom is -0.497 e. The molecule has 1 atom stereocenters. The summed E-state index contributed by atoms with van der Waals surface area (Å²) in [5, 5.41) is 3.47. The summed E-state index contributed by atoms with van der Waals surface area (Å²) in [6, 6.07) is 21.0. The Kier molecular flexibility index (Phi) is 7.18. The predicted molar refractivity (Wildman–Crippen MR) is 150 cm³/mol. The molecule has 3 aromatic carbocycles. The van der Waals surface area contributed by atoms with Gasteiger partial charge in [0.15, 0.2) is 4.80 Å². The molecule has 0 aliphatic carbocycles. The van der Waals surface area contributed by atoms with E-state index in [9.17, 15) is 9.59 Å². The Morgan fingerprint density at radius 3 is 2.47 bits per heavy atom. The summed E-state index contributed by atoms with van der Waals surface area (Å²) in [6.07, 6.45) is 1.74. The summed E-state index contributed by atoms with van der Waals surface area (Å²) in [7, 11) is 3.15. The van der Waals surface area contributed by atoms with Gasteiger partial charge in [0, 0.05) is 16.3 Å². The van der Waals surface area contributed by atoms with Gasteiger partial charge in [0.2, 0.25) is 0 Å². The van der Waals surface area contributed by atoms with Gasteiger partial charge in [-0.1, -0.05) is 53.3 Å². The SMILES string of the molecule is COc1ccc([C@H]2C(C(=O)Nc3ccccc3)=C(C)N=c3s/c(=C/c4cc(Cl)ccc4OC)c(=O)n32)cc1. The molecule has 0 unspecified atom stereocenters. The highest BCUT2D eigenvalue weighted by Crippen LogP contribution is 2.32. The van der Waals surface area contributed by atoms with Gasteiger partial charge in [0.1, 0.15) is 11.5 Å². The van der Waals surface area contributed by atoms with Crippen molar-refractivity contribution in [3.8, 4) is 11.5 Å². The highest BCUT2D eigenvalue weighted by molar-refractivity contribution is 7.07. The average molecular weight is 546 g/mol. The maximum absolute atomic E-state index is 13.9. The van der Waals surface area contributed by atoms with E-state index in [-0.39, 0.29) is 11.5 Å². The highest BCUT2D eigenvalue weighted by atomic mass is 35.5. The maximum Gasteiger partial charge on any atom is 0.271 e. The molecule has 0 spiro atoms. The molecule has 192 valence electrons. The standard InChI is InChI=1S/C29H24ClN3O4S/c1-17-25(27(34)32-21-7-5-4-6-8-21)26(18-9-12-22(36-2)13-10-18)33-28(35)24(38-29(33)31-17)16-19-15-20(30)11-14-23(19)37-3/h4-16,26H,1-3H3,(H,32,34)/b24-16+/t26-/m0/s1. The van der Waals surface area contributed by atoms with Crippen LogP contribution in [-0.4, -0.2) is 24.7 Å². The number of methoxy groups -OCH3 is 2. The molecule has 1 aromatic heterocycles. The minimum atomic E-state index is -0.690. The molecule has 7 nitrogen and oxygen atoms in total. The number of benzene rings is 3. The number of carbonyl (C=O) groups is 1. The largest absolute Gasteiger partial charge is 0.497 e. The van der Waals surface area contributed by atoms with Crippen LogP contribution in [0.4, 0.5) is 5.69 Å². The number of thiazole rings is 1. The normalized spacial score (nSPS) is 15.1. The van der Waals surface area contributed by atoms with Crippen LogP contribution in [0.25, 0.3) is 6.08 Å². The third-order valence-corrected chi connectivity index (χ3v) is 7.43. The fraction of sp³-hybridized carbons (Fsp3) is 0.138. The van der Waals surface area contributed by atoms with Crippen LogP contribution in [0, 0.1) is 0 Å². The van der Waals surface area contributed by atoms with E-state index in [1.807, 2.05) is 54.6 Å². The number of para-hydroxylation sites is 1. The number of nitrogens with one attached hydrogen (secondary N) is 1. The van der Waals surface area contributed by atoms with E-state index in [2.05, 4.69) is 10.3 Å². The van der Waals surface area contributed by atoms with Gasteiger partial charge in [-0.3, -0.25) is 14.2 Å². The number of anilines is 1. The first-order valence-electron chi connectivity index (χ1n) is 11.8. The first kappa shape index (κ1) is 25.5. The van der Waals surface area contributed by atoms with Gasteiger partial charge < -0.3 is 14.8 Å². The fourth-order valence-electron chi connectivity index (χ4n) is 4.39. The number of rotatable bonds is 6. The van der Waals surface area contributed by atoms with Crippen molar-refractivity contribution < 1.29 is 14.3 Å². The van der Waals surface area contributed by atoms with Gasteiger partial charge in [0.05, 0.1) is 36.1 Å². The highest BCUT2D eigenvalue weighted by Gasteiger charge is 2.32. The Hall–Kier alpha value is -4.14. The zero-order valence-electron chi connectivity index (χ0n) is 20.9. The van der Waals surface area contributed by atoms with Gasteiger partial charge in [-0.05, 0) is 61.0 Å². The lowest BCUT2D eigenvalue weighted by atomic mass is 9.95. The second-order valence-corrected chi connectivity index (χ2v) is 10.0. The summed E-state index contributed by atoms with van der Waals surface area (Å²) in [5.74, 6) is 0.931. The van der Waals surface area contributed by atoms with Crippen LogP contribution in [0.2, 0.25) is 5.02 Å². The van der Waals surface area contributed by atoms with Crippen LogP contribution in [0.5, 0.6) is 11.5 Å². The number of nitrogens with zero attached hydrogens (tertiary/aromatic N) is 2. The second kappa shape index (κ2) is 10.7. The third-order valence-electron chi connectivity index (χ3n) is 6.21. The van der Waals surface area contributed by atoms with Crippen molar-refractivity contribution in [2.24, 2.45) is 4.99 Å². The van der Waals surface area contributed by atoms with E-state index in [1.54, 1.807) is 50.0 Å². The van der Waals surface area contributed by atoms with Gasteiger partial charge in [-0.25, -0.2) is 4.99 Å². The molecule has 4 aromatic rings. The molecular formula is C29H24ClN3O4S. The van der Waals surface area contributed by atoms with Crippen molar-refractivity contribution in [3.05, 3.63) is 120 Å². The molecule has 0 radical (unpaired) electrons. The maximum atomic E-state index is 13.9. The predicted octanol–water partition coefficient (Wildman–Crippen LogP) is 4.54. The molecule has 38 heavy (non-hydrogen) atoms. The minimum absolute atomic E-state index is 0.269. The molecule has 5 rings (SSSR count). The number of hydrogen-bond acceptors (Lipinski definition) is 6. The van der Waals surface area contributed by atoms with Crippen LogP contribution in [0.15, 0.2) is 93.9 Å². The number of carbonyl (C=O) groups excluding carboxylic acids is 1. The van der Waals surface area contributed by atoms with E-state index < -0.39 is 6.04 Å². The molecular weight excluding hydrogens is 522 g/mol. The molecule has 0 fully saturated rings. The molecule has 1 amide bonds. The number of halogens is 1. The third kappa shape index (κ3) is 4.88. The second-order valence-electron chi connectivity index (χ2n) is 8.56. The van der Waals surface area contributed by atoms with Crippen LogP contribution in [0.1, 0.15) is 24.1 Å². The van der Waals surface area contributed by atoms with E-state index in [4.69, 9.17) is 21.1 Å². The number of fused-ring (bicyclic) bond motifs is 1. The zero-order chi connectivity index (χ0) is 26.8. The number of aromatic nitrogens is 1. The molecule has 1 aliphatic heterocycles. The summed E-state index contributed by atoms with van der Waals surface area (Å²) in [5.41, 5.74) is 2.73. The topological polar surface area (TPSA) is 81.9 Å². The monoisotopic (exact) mass is 545 g/mol. The first-order valence-corrected chi connectivity index (χ1v) is 13.0. The smallest absolute Gasteiger partial charge is 0.271 e. The van der Waals surface area contributed by atoms with Crippen molar-refractivity contribution in [3.63, 3.8) is 0 Å². The van der Waals surface area contributed by atoms with Gasteiger partial charge in [0.25, 0.3) is 11.5 Å². The molecule has 1 aliphatic rings. The van der Waals surface area contributed by atoms with Crippen molar-refractivity contribution in [2.45, 2.75) is 13.0 Å². The van der Waals surface area contributed by atoms with Gasteiger partial charge in [-0.15, -0.1) is 0 Å². The quantitative estimate of drug-likeness (QED) is 0.385. The van der Waals surface area contributed by atoms with Crippen molar-refractivity contribution >= 4 is 40.6 Å². The number of allylic oxidation sites excluding steroid dienone is 1. The summed E-state index contributed by atoms with van der Waals surface area (Å²) in [4.78, 5) is 32.7. The van der Waals surface area contributed by atoms with Crippen LogP contribution in [0.3, 0.4) is 0 Å². The lowest BCUT2D eigenvalue weighted by Gasteiger charge is -2.25. The Bertz CT molecular complexity index is 1720. The van der Waals surface area contributed by atoms with Crippen LogP contribution in [-0.2, 0) is 4.79 Å². The lowest BCUT2D eigenvalue weighted by molar-refractivity contribution is -0.113. The summed E-state index contributed by atoms with van der Waals surface area (Å²) < 4.78 is 12.8. The number of hydrogen-bond donors (Lipinski definition) is 1. The lowest BCUT2D eigenvalue weighted by Crippen LogP contribution is -2.40. The van der Waals surface area contributed by atoms with Crippen LogP contribution < -0.4 is 29.7 Å². The van der Waals surface area contributed by atoms with E-state index >= 15 is 0 Å². The zero-order valence-corrected chi connectivity index (χ0v) is 22.5. The Morgan fingerprint density at radius 2 is 1.79 bits per heavy atom. The fourth-order valence-corrected chi connectivity index (χ4v) is 5.61. The van der Waals surface area contributed by atoms with Crippen molar-refractivity contribution in [2.75, 3.05) is 19.5 Å². The number of amides is 1. The summed E-state index contributed by atoms with van der Waals surface area (Å²) >= 11 is 7.46. The first-order chi connectivity index (χ1) is 18.4. The Labute approximate surface area is 228 Å².